The molecule has 0 unspecified atom stereocenters. The van der Waals surface area contributed by atoms with Crippen LogP contribution >= 0.6 is 0 Å². The Morgan fingerprint density at radius 2 is 2.29 bits per heavy atom. The van der Waals surface area contributed by atoms with E-state index >= 15 is 0 Å². The molecule has 0 aliphatic carbocycles. The van der Waals surface area contributed by atoms with Gasteiger partial charge >= 0.3 is 0 Å². The van der Waals surface area contributed by atoms with Gasteiger partial charge in [-0.1, -0.05) is 6.07 Å². The maximum absolute atomic E-state index is 12.2. The minimum absolute atomic E-state index is 0.275. The summed E-state index contributed by atoms with van der Waals surface area (Å²) in [5, 5.41) is 7.29. The Balaban J connectivity index is 1.66. The zero-order valence-electron chi connectivity index (χ0n) is 11.7. The molecule has 2 heterocycles. The van der Waals surface area contributed by atoms with Crippen molar-refractivity contribution < 1.29 is 8.42 Å². The van der Waals surface area contributed by atoms with Gasteiger partial charge in [0.2, 0.25) is 10.0 Å². The summed E-state index contributed by atoms with van der Waals surface area (Å²) in [6, 6.07) is 5.20. The van der Waals surface area contributed by atoms with Gasteiger partial charge in [0.05, 0.1) is 4.90 Å². The highest BCUT2D eigenvalue weighted by Crippen LogP contribution is 2.25. The number of hydrogen-bond acceptors (Lipinski definition) is 5. The smallest absolute Gasteiger partial charge is 0.240 e. The number of aromatic nitrogens is 3. The average molecular weight is 307 g/mol. The number of hydrogen-bond donors (Lipinski definition) is 2. The molecular weight excluding hydrogens is 290 g/mol. The van der Waals surface area contributed by atoms with E-state index in [4.69, 9.17) is 0 Å². The lowest BCUT2D eigenvalue weighted by Gasteiger charge is -2.07. The van der Waals surface area contributed by atoms with Crippen LogP contribution in [0.25, 0.3) is 0 Å². The van der Waals surface area contributed by atoms with Crippen molar-refractivity contribution in [3.63, 3.8) is 0 Å². The first kappa shape index (κ1) is 14.0. The molecule has 1 aromatic heterocycles. The summed E-state index contributed by atoms with van der Waals surface area (Å²) in [6.07, 6.45) is 2.99. The van der Waals surface area contributed by atoms with Crippen molar-refractivity contribution in [1.82, 2.24) is 19.5 Å². The summed E-state index contributed by atoms with van der Waals surface area (Å²) in [6.45, 7) is 1.13. The summed E-state index contributed by atoms with van der Waals surface area (Å²) < 4.78 is 28.7. The number of benzene rings is 1. The highest BCUT2D eigenvalue weighted by Gasteiger charge is 2.18. The Kier molecular flexibility index (Phi) is 3.64. The van der Waals surface area contributed by atoms with Gasteiger partial charge in [-0.25, -0.2) is 18.1 Å². The number of sulfonamides is 1. The van der Waals surface area contributed by atoms with Crippen LogP contribution in [0.4, 0.5) is 5.69 Å². The number of nitrogens with zero attached hydrogens (tertiary/aromatic N) is 3. The van der Waals surface area contributed by atoms with Crippen LogP contribution in [0.3, 0.4) is 0 Å². The van der Waals surface area contributed by atoms with Crippen LogP contribution in [0, 0.1) is 0 Å². The van der Waals surface area contributed by atoms with Crippen molar-refractivity contribution in [2.45, 2.75) is 17.7 Å². The summed E-state index contributed by atoms with van der Waals surface area (Å²) in [7, 11) is -1.72. The van der Waals surface area contributed by atoms with Gasteiger partial charge in [-0.05, 0) is 24.1 Å². The van der Waals surface area contributed by atoms with E-state index in [1.165, 1.54) is 0 Å². The fourth-order valence-electron chi connectivity index (χ4n) is 2.32. The van der Waals surface area contributed by atoms with Crippen molar-refractivity contribution in [3.8, 4) is 0 Å². The van der Waals surface area contributed by atoms with Crippen molar-refractivity contribution >= 4 is 15.7 Å². The third-order valence-corrected chi connectivity index (χ3v) is 4.85. The van der Waals surface area contributed by atoms with Gasteiger partial charge in [-0.3, -0.25) is 4.68 Å². The third-order valence-electron chi connectivity index (χ3n) is 3.39. The van der Waals surface area contributed by atoms with Gasteiger partial charge < -0.3 is 5.32 Å². The SMILES string of the molecule is Cn1cnc(CCNS(=O)(=O)c2ccc3c(c2)NCC3)n1. The topological polar surface area (TPSA) is 88.9 Å². The molecule has 1 aromatic carbocycles. The van der Waals surface area contributed by atoms with E-state index in [9.17, 15) is 8.42 Å². The number of anilines is 1. The van der Waals surface area contributed by atoms with Crippen LogP contribution in [0.2, 0.25) is 0 Å². The first-order chi connectivity index (χ1) is 10.0. The molecule has 0 bridgehead atoms. The molecule has 0 amide bonds. The Morgan fingerprint density at radius 1 is 1.43 bits per heavy atom. The fourth-order valence-corrected chi connectivity index (χ4v) is 3.37. The van der Waals surface area contributed by atoms with Gasteiger partial charge in [0.1, 0.15) is 6.33 Å². The number of fused-ring (bicyclic) bond motifs is 1. The van der Waals surface area contributed by atoms with Crippen LogP contribution in [0.5, 0.6) is 0 Å². The van der Waals surface area contributed by atoms with Crippen LogP contribution in [0.15, 0.2) is 29.4 Å². The molecule has 0 spiro atoms. The van der Waals surface area contributed by atoms with Gasteiger partial charge in [-0.15, -0.1) is 0 Å². The minimum atomic E-state index is -3.50. The Hall–Kier alpha value is -1.93. The standard InChI is InChI=1S/C13H17N5O2S/c1-18-9-15-13(17-18)5-7-16-21(19,20)11-3-2-10-4-6-14-12(10)8-11/h2-3,8-9,14,16H,4-7H2,1H3. The third kappa shape index (κ3) is 3.06. The quantitative estimate of drug-likeness (QED) is 0.829. The predicted octanol–water partition coefficient (Wildman–Crippen LogP) is 0.304. The first-order valence-electron chi connectivity index (χ1n) is 6.75. The Labute approximate surface area is 123 Å². The second-order valence-electron chi connectivity index (χ2n) is 4.98. The molecule has 0 saturated heterocycles. The molecule has 21 heavy (non-hydrogen) atoms. The summed E-state index contributed by atoms with van der Waals surface area (Å²) in [4.78, 5) is 4.34. The van der Waals surface area contributed by atoms with Gasteiger partial charge in [-0.2, -0.15) is 5.10 Å². The maximum Gasteiger partial charge on any atom is 0.240 e. The second kappa shape index (κ2) is 5.45. The van der Waals surface area contributed by atoms with Crippen LogP contribution in [-0.2, 0) is 29.9 Å². The summed E-state index contributed by atoms with van der Waals surface area (Å²) >= 11 is 0. The largest absolute Gasteiger partial charge is 0.384 e. The highest BCUT2D eigenvalue weighted by molar-refractivity contribution is 7.89. The molecule has 7 nitrogen and oxygen atoms in total. The van der Waals surface area contributed by atoms with E-state index in [-0.39, 0.29) is 11.4 Å². The zero-order chi connectivity index (χ0) is 14.9. The first-order valence-corrected chi connectivity index (χ1v) is 8.24. The average Bonchev–Trinajstić information content (AvgIpc) is 3.06. The molecule has 2 N–H and O–H groups in total. The van der Waals surface area contributed by atoms with E-state index in [0.717, 1.165) is 24.2 Å². The zero-order valence-corrected chi connectivity index (χ0v) is 12.5. The predicted molar refractivity (Wildman–Crippen MR) is 78.5 cm³/mol. The highest BCUT2D eigenvalue weighted by atomic mass is 32.2. The minimum Gasteiger partial charge on any atom is -0.384 e. The van der Waals surface area contributed by atoms with Gasteiger partial charge in [0, 0.05) is 32.2 Å². The number of rotatable bonds is 5. The second-order valence-corrected chi connectivity index (χ2v) is 6.74. The summed E-state index contributed by atoms with van der Waals surface area (Å²) in [5.41, 5.74) is 2.07. The van der Waals surface area contributed by atoms with Crippen LogP contribution < -0.4 is 10.0 Å². The Morgan fingerprint density at radius 3 is 3.05 bits per heavy atom. The lowest BCUT2D eigenvalue weighted by molar-refractivity contribution is 0.580. The van der Waals surface area contributed by atoms with Crippen molar-refractivity contribution in [3.05, 3.63) is 35.9 Å². The fraction of sp³-hybridized carbons (Fsp3) is 0.385. The molecule has 8 heteroatoms. The maximum atomic E-state index is 12.2. The molecule has 0 fully saturated rings. The normalized spacial score (nSPS) is 14.0. The van der Waals surface area contributed by atoms with E-state index in [2.05, 4.69) is 20.1 Å². The summed E-state index contributed by atoms with van der Waals surface area (Å²) in [5.74, 6) is 0.621. The number of nitrogens with one attached hydrogen (secondary N) is 2. The molecule has 0 radical (unpaired) electrons. The Bertz CT molecular complexity index is 754. The van der Waals surface area contributed by atoms with Crippen molar-refractivity contribution in [1.29, 1.82) is 0 Å². The molecular formula is C13H17N5O2S. The van der Waals surface area contributed by atoms with Crippen molar-refractivity contribution in [2.75, 3.05) is 18.4 Å². The molecule has 2 aromatic rings. The van der Waals surface area contributed by atoms with Crippen LogP contribution in [0.1, 0.15) is 11.4 Å². The molecule has 1 aliphatic heterocycles. The monoisotopic (exact) mass is 307 g/mol. The van der Waals surface area contributed by atoms with Crippen LogP contribution in [-0.4, -0.2) is 36.3 Å². The van der Waals surface area contributed by atoms with E-state index in [1.54, 1.807) is 30.2 Å². The molecule has 3 rings (SSSR count). The van der Waals surface area contributed by atoms with Gasteiger partial charge in [0.15, 0.2) is 5.82 Å². The molecule has 0 saturated carbocycles. The molecule has 112 valence electrons. The lowest BCUT2D eigenvalue weighted by atomic mass is 10.2. The van der Waals surface area contributed by atoms with Crippen molar-refractivity contribution in [2.24, 2.45) is 7.05 Å². The van der Waals surface area contributed by atoms with E-state index in [1.807, 2.05) is 6.07 Å². The van der Waals surface area contributed by atoms with E-state index < -0.39 is 10.0 Å². The molecule has 1 aliphatic rings. The van der Waals surface area contributed by atoms with E-state index in [0.29, 0.717) is 12.2 Å². The lowest BCUT2D eigenvalue weighted by Crippen LogP contribution is -2.26. The number of aryl methyl sites for hydroxylation is 1. The molecule has 0 atom stereocenters. The van der Waals surface area contributed by atoms with Gasteiger partial charge in [0.25, 0.3) is 0 Å².